The van der Waals surface area contributed by atoms with Crippen molar-refractivity contribution in [2.75, 3.05) is 7.11 Å². The number of carbonyl (C=O) groups is 2. The highest BCUT2D eigenvalue weighted by Crippen LogP contribution is 2.38. The van der Waals surface area contributed by atoms with Crippen LogP contribution in [0.2, 0.25) is 0 Å². The Bertz CT molecular complexity index is 408. The standard InChI is InChI=1S/C8H9NO6/c1-3(10)15-7-6(12)5(11)4(9-7)8(13)14-2/h9,11-12H,1-2H3. The highest BCUT2D eigenvalue weighted by molar-refractivity contribution is 5.92. The molecule has 1 aromatic rings. The van der Waals surface area contributed by atoms with Crippen molar-refractivity contribution >= 4 is 11.9 Å². The summed E-state index contributed by atoms with van der Waals surface area (Å²) in [5.74, 6) is -3.44. The molecular formula is C8H9NO6. The van der Waals surface area contributed by atoms with E-state index in [9.17, 15) is 19.8 Å². The predicted molar refractivity (Wildman–Crippen MR) is 46.8 cm³/mol. The molecule has 3 N–H and O–H groups in total. The molecule has 1 heterocycles. The lowest BCUT2D eigenvalue weighted by Crippen LogP contribution is -2.04. The van der Waals surface area contributed by atoms with Crippen molar-refractivity contribution in [1.82, 2.24) is 4.98 Å². The minimum Gasteiger partial charge on any atom is -0.502 e. The summed E-state index contributed by atoms with van der Waals surface area (Å²) >= 11 is 0. The van der Waals surface area contributed by atoms with E-state index in [1.807, 2.05) is 0 Å². The zero-order valence-corrected chi connectivity index (χ0v) is 8.03. The third-order valence-electron chi connectivity index (χ3n) is 1.55. The molecule has 0 aliphatic carbocycles. The molecule has 0 aliphatic rings. The summed E-state index contributed by atoms with van der Waals surface area (Å²) in [7, 11) is 1.10. The maximum absolute atomic E-state index is 11.0. The molecule has 15 heavy (non-hydrogen) atoms. The third kappa shape index (κ3) is 2.01. The number of methoxy groups -OCH3 is 1. The SMILES string of the molecule is COC(=O)c1[nH]c(OC(C)=O)c(O)c1O. The molecule has 1 aromatic heterocycles. The fourth-order valence-electron chi connectivity index (χ4n) is 0.925. The summed E-state index contributed by atoms with van der Waals surface area (Å²) in [6, 6.07) is 0. The lowest BCUT2D eigenvalue weighted by atomic mass is 10.4. The molecule has 0 bridgehead atoms. The lowest BCUT2D eigenvalue weighted by molar-refractivity contribution is -0.132. The van der Waals surface area contributed by atoms with E-state index in [-0.39, 0.29) is 5.69 Å². The number of H-pyrrole nitrogens is 1. The van der Waals surface area contributed by atoms with Gasteiger partial charge in [0.05, 0.1) is 7.11 Å². The van der Waals surface area contributed by atoms with Crippen LogP contribution in [0.1, 0.15) is 17.4 Å². The Balaban J connectivity index is 3.12. The Hall–Kier alpha value is -2.18. The number of ether oxygens (including phenoxy) is 2. The number of hydrogen-bond donors (Lipinski definition) is 3. The molecule has 0 saturated heterocycles. The first-order valence-corrected chi connectivity index (χ1v) is 3.88. The Morgan fingerprint density at radius 3 is 2.33 bits per heavy atom. The molecule has 0 aliphatic heterocycles. The van der Waals surface area contributed by atoms with Gasteiger partial charge < -0.3 is 24.7 Å². The van der Waals surface area contributed by atoms with Gasteiger partial charge in [-0.2, -0.15) is 0 Å². The van der Waals surface area contributed by atoms with Gasteiger partial charge in [0.15, 0.2) is 11.4 Å². The Kier molecular flexibility index (Phi) is 2.84. The average Bonchev–Trinajstić information content (AvgIpc) is 2.44. The monoisotopic (exact) mass is 215 g/mol. The maximum Gasteiger partial charge on any atom is 0.358 e. The van der Waals surface area contributed by atoms with E-state index in [4.69, 9.17) is 0 Å². The minimum atomic E-state index is -0.888. The number of aromatic nitrogens is 1. The second-order valence-corrected chi connectivity index (χ2v) is 2.61. The van der Waals surface area contributed by atoms with Crippen LogP contribution in [-0.4, -0.2) is 34.2 Å². The fourth-order valence-corrected chi connectivity index (χ4v) is 0.925. The third-order valence-corrected chi connectivity index (χ3v) is 1.55. The van der Waals surface area contributed by atoms with E-state index in [0.717, 1.165) is 14.0 Å². The van der Waals surface area contributed by atoms with E-state index in [2.05, 4.69) is 14.5 Å². The van der Waals surface area contributed by atoms with Crippen LogP contribution in [0, 0.1) is 0 Å². The van der Waals surface area contributed by atoms with Crippen LogP contribution >= 0.6 is 0 Å². The second-order valence-electron chi connectivity index (χ2n) is 2.61. The second kappa shape index (κ2) is 3.91. The molecule has 82 valence electrons. The molecule has 0 spiro atoms. The number of aromatic amines is 1. The molecule has 1 rings (SSSR count). The van der Waals surface area contributed by atoms with Gasteiger partial charge in [-0.15, -0.1) is 0 Å². The van der Waals surface area contributed by atoms with Crippen molar-refractivity contribution in [3.63, 3.8) is 0 Å². The predicted octanol–water partition coefficient (Wildman–Crippen LogP) is 0.138. The van der Waals surface area contributed by atoms with Gasteiger partial charge >= 0.3 is 11.9 Å². The summed E-state index contributed by atoms with van der Waals surface area (Å²) < 4.78 is 8.80. The number of nitrogens with one attached hydrogen (secondary N) is 1. The van der Waals surface area contributed by atoms with Crippen LogP contribution in [-0.2, 0) is 9.53 Å². The molecule has 0 atom stereocenters. The molecule has 0 unspecified atom stereocenters. The first-order chi connectivity index (χ1) is 6.97. The highest BCUT2D eigenvalue weighted by Gasteiger charge is 2.23. The number of esters is 2. The zero-order chi connectivity index (χ0) is 11.6. The van der Waals surface area contributed by atoms with Gasteiger partial charge in [-0.05, 0) is 0 Å². The Morgan fingerprint density at radius 2 is 1.87 bits per heavy atom. The average molecular weight is 215 g/mol. The molecule has 7 heteroatoms. The summed E-state index contributed by atoms with van der Waals surface area (Å²) in [5, 5.41) is 18.5. The smallest absolute Gasteiger partial charge is 0.358 e. The molecular weight excluding hydrogens is 206 g/mol. The van der Waals surface area contributed by atoms with E-state index in [1.54, 1.807) is 0 Å². The first-order valence-electron chi connectivity index (χ1n) is 3.88. The van der Waals surface area contributed by atoms with E-state index >= 15 is 0 Å². The summed E-state index contributed by atoms with van der Waals surface area (Å²) in [5.41, 5.74) is -0.383. The molecule has 7 nitrogen and oxygen atoms in total. The zero-order valence-electron chi connectivity index (χ0n) is 8.03. The van der Waals surface area contributed by atoms with Gasteiger partial charge in [-0.1, -0.05) is 0 Å². The normalized spacial score (nSPS) is 9.73. The van der Waals surface area contributed by atoms with Gasteiger partial charge in [-0.25, -0.2) is 4.79 Å². The summed E-state index contributed by atoms with van der Waals surface area (Å²) in [6.45, 7) is 1.11. The van der Waals surface area contributed by atoms with Crippen molar-refractivity contribution < 1.29 is 29.3 Å². The molecule has 0 fully saturated rings. The quantitative estimate of drug-likeness (QED) is 0.605. The van der Waals surface area contributed by atoms with Crippen molar-refractivity contribution in [2.45, 2.75) is 6.92 Å². The van der Waals surface area contributed by atoms with E-state index < -0.39 is 29.3 Å². The highest BCUT2D eigenvalue weighted by atomic mass is 16.6. The van der Waals surface area contributed by atoms with Crippen molar-refractivity contribution in [1.29, 1.82) is 0 Å². The number of carbonyl (C=O) groups excluding carboxylic acids is 2. The van der Waals surface area contributed by atoms with E-state index in [0.29, 0.717) is 0 Å². The number of rotatable bonds is 2. The number of aromatic hydroxyl groups is 2. The summed E-state index contributed by atoms with van der Waals surface area (Å²) in [6.07, 6.45) is 0. The van der Waals surface area contributed by atoms with Crippen molar-refractivity contribution in [3.8, 4) is 17.4 Å². The van der Waals surface area contributed by atoms with Crippen molar-refractivity contribution in [3.05, 3.63) is 5.69 Å². The van der Waals surface area contributed by atoms with Gasteiger partial charge in [0.1, 0.15) is 0 Å². The topological polar surface area (TPSA) is 109 Å². The van der Waals surface area contributed by atoms with Gasteiger partial charge in [0.2, 0.25) is 11.6 Å². The van der Waals surface area contributed by atoms with Crippen LogP contribution in [0.25, 0.3) is 0 Å². The molecule has 0 amide bonds. The van der Waals surface area contributed by atoms with Gasteiger partial charge in [0, 0.05) is 6.92 Å². The minimum absolute atomic E-state index is 0.383. The molecule has 0 radical (unpaired) electrons. The van der Waals surface area contributed by atoms with Crippen LogP contribution in [0.4, 0.5) is 0 Å². The number of hydrogen-bond acceptors (Lipinski definition) is 6. The summed E-state index contributed by atoms with van der Waals surface area (Å²) in [4.78, 5) is 23.8. The molecule has 0 saturated carbocycles. The first kappa shape index (κ1) is 10.9. The van der Waals surface area contributed by atoms with Gasteiger partial charge in [0.25, 0.3) is 0 Å². The Labute approximate surface area is 84.2 Å². The largest absolute Gasteiger partial charge is 0.502 e. The van der Waals surface area contributed by atoms with Crippen molar-refractivity contribution in [2.24, 2.45) is 0 Å². The van der Waals surface area contributed by atoms with Crippen LogP contribution < -0.4 is 4.74 Å². The van der Waals surface area contributed by atoms with Crippen LogP contribution in [0.3, 0.4) is 0 Å². The molecule has 0 aromatic carbocycles. The fraction of sp³-hybridized carbons (Fsp3) is 0.250. The lowest BCUT2D eigenvalue weighted by Gasteiger charge is -1.96. The van der Waals surface area contributed by atoms with Gasteiger partial charge in [-0.3, -0.25) is 4.79 Å². The maximum atomic E-state index is 11.0. The van der Waals surface area contributed by atoms with Crippen LogP contribution in [0.15, 0.2) is 0 Å². The van der Waals surface area contributed by atoms with E-state index in [1.165, 1.54) is 0 Å². The Morgan fingerprint density at radius 1 is 1.27 bits per heavy atom. The van der Waals surface area contributed by atoms with Crippen LogP contribution in [0.5, 0.6) is 17.4 Å².